The van der Waals surface area contributed by atoms with E-state index < -0.39 is 0 Å². The van der Waals surface area contributed by atoms with Crippen molar-refractivity contribution in [3.05, 3.63) is 64.8 Å². The van der Waals surface area contributed by atoms with Crippen molar-refractivity contribution in [2.24, 2.45) is 0 Å². The summed E-state index contributed by atoms with van der Waals surface area (Å²) in [5, 5.41) is 1.90. The van der Waals surface area contributed by atoms with Crippen LogP contribution in [0.5, 0.6) is 5.75 Å². The highest BCUT2D eigenvalue weighted by Crippen LogP contribution is 2.31. The van der Waals surface area contributed by atoms with Crippen molar-refractivity contribution in [3.8, 4) is 5.75 Å². The molecule has 1 aliphatic rings. The zero-order valence-corrected chi connectivity index (χ0v) is 15.4. The molecule has 2 heterocycles. The normalized spacial score (nSPS) is 15.4. The van der Waals surface area contributed by atoms with Crippen LogP contribution in [0.25, 0.3) is 10.9 Å². The number of hydrogen-bond donors (Lipinski definition) is 1. The Morgan fingerprint density at radius 3 is 2.54 bits per heavy atom. The number of hydrogen-bond acceptors (Lipinski definition) is 2. The second-order valence-electron chi connectivity index (χ2n) is 6.75. The lowest BCUT2D eigenvalue weighted by Gasteiger charge is -2.31. The highest BCUT2D eigenvalue weighted by Gasteiger charge is 2.25. The number of fused-ring (bicyclic) bond motifs is 1. The number of amides is 1. The van der Waals surface area contributed by atoms with Crippen LogP contribution in [0.4, 0.5) is 0 Å². The van der Waals surface area contributed by atoms with E-state index in [0.717, 1.165) is 47.6 Å². The lowest BCUT2D eigenvalue weighted by atomic mass is 9.93. The van der Waals surface area contributed by atoms with Gasteiger partial charge in [0.05, 0.1) is 7.11 Å². The number of aromatic nitrogens is 1. The van der Waals surface area contributed by atoms with E-state index >= 15 is 0 Å². The summed E-state index contributed by atoms with van der Waals surface area (Å²) in [5.74, 6) is 1.30. The highest BCUT2D eigenvalue weighted by molar-refractivity contribution is 6.31. The second-order valence-corrected chi connectivity index (χ2v) is 7.19. The summed E-state index contributed by atoms with van der Waals surface area (Å²) >= 11 is 6.08. The summed E-state index contributed by atoms with van der Waals surface area (Å²) in [6.45, 7) is 1.54. The molecule has 5 heteroatoms. The monoisotopic (exact) mass is 368 g/mol. The van der Waals surface area contributed by atoms with Crippen LogP contribution in [0, 0.1) is 0 Å². The number of carbonyl (C=O) groups excluding carboxylic acids is 1. The maximum absolute atomic E-state index is 12.7. The van der Waals surface area contributed by atoms with E-state index in [9.17, 15) is 4.79 Å². The van der Waals surface area contributed by atoms with Crippen LogP contribution in [0.15, 0.2) is 48.5 Å². The summed E-state index contributed by atoms with van der Waals surface area (Å²) in [6.07, 6.45) is 1.92. The number of carbonyl (C=O) groups is 1. The Bertz CT molecular complexity index is 925. The lowest BCUT2D eigenvalue weighted by Crippen LogP contribution is -2.37. The molecule has 0 saturated carbocycles. The highest BCUT2D eigenvalue weighted by atomic mass is 35.5. The molecule has 1 saturated heterocycles. The molecule has 0 bridgehead atoms. The van der Waals surface area contributed by atoms with Gasteiger partial charge < -0.3 is 14.6 Å². The molecule has 1 fully saturated rings. The van der Waals surface area contributed by atoms with E-state index in [2.05, 4.69) is 11.1 Å². The van der Waals surface area contributed by atoms with E-state index in [-0.39, 0.29) is 5.91 Å². The first-order chi connectivity index (χ1) is 12.6. The molecule has 1 N–H and O–H groups in total. The number of nitrogens with one attached hydrogen (secondary N) is 1. The van der Waals surface area contributed by atoms with Crippen LogP contribution in [-0.2, 0) is 0 Å². The molecule has 26 heavy (non-hydrogen) atoms. The van der Waals surface area contributed by atoms with Gasteiger partial charge in [-0.2, -0.15) is 0 Å². The molecule has 0 aliphatic carbocycles. The van der Waals surface area contributed by atoms with E-state index in [1.165, 1.54) is 5.69 Å². The summed E-state index contributed by atoms with van der Waals surface area (Å²) in [6, 6.07) is 15.4. The van der Waals surface area contributed by atoms with Gasteiger partial charge in [-0.1, -0.05) is 11.6 Å². The van der Waals surface area contributed by atoms with Crippen LogP contribution in [-0.4, -0.2) is 36.0 Å². The van der Waals surface area contributed by atoms with Crippen molar-refractivity contribution in [1.29, 1.82) is 0 Å². The van der Waals surface area contributed by atoms with E-state index in [4.69, 9.17) is 16.3 Å². The average Bonchev–Trinajstić information content (AvgIpc) is 3.11. The van der Waals surface area contributed by atoms with Crippen molar-refractivity contribution < 1.29 is 9.53 Å². The number of methoxy groups -OCH3 is 1. The van der Waals surface area contributed by atoms with E-state index in [1.807, 2.05) is 47.4 Å². The largest absolute Gasteiger partial charge is 0.497 e. The fraction of sp³-hybridized carbons (Fsp3) is 0.286. The molecule has 1 aliphatic heterocycles. The van der Waals surface area contributed by atoms with Crippen molar-refractivity contribution in [2.45, 2.75) is 18.8 Å². The van der Waals surface area contributed by atoms with Crippen LogP contribution in [0.1, 0.15) is 34.8 Å². The molecule has 0 spiro atoms. The third kappa shape index (κ3) is 3.29. The van der Waals surface area contributed by atoms with Crippen molar-refractivity contribution in [3.63, 3.8) is 0 Å². The van der Waals surface area contributed by atoms with Gasteiger partial charge in [-0.25, -0.2) is 0 Å². The quantitative estimate of drug-likeness (QED) is 0.718. The van der Waals surface area contributed by atoms with Gasteiger partial charge in [0.25, 0.3) is 5.91 Å². The minimum absolute atomic E-state index is 0.0922. The van der Waals surface area contributed by atoms with Crippen LogP contribution in [0.3, 0.4) is 0 Å². The van der Waals surface area contributed by atoms with Crippen molar-refractivity contribution >= 4 is 28.4 Å². The Balaban J connectivity index is 1.43. The smallest absolute Gasteiger partial charge is 0.253 e. The summed E-state index contributed by atoms with van der Waals surface area (Å²) in [7, 11) is 1.62. The summed E-state index contributed by atoms with van der Waals surface area (Å²) in [4.78, 5) is 18.1. The number of halogens is 1. The van der Waals surface area contributed by atoms with Gasteiger partial charge in [-0.15, -0.1) is 0 Å². The Labute approximate surface area is 157 Å². The van der Waals surface area contributed by atoms with Gasteiger partial charge in [-0.05, 0) is 61.4 Å². The van der Waals surface area contributed by atoms with Gasteiger partial charge in [0.1, 0.15) is 5.75 Å². The molecule has 3 aromatic rings. The second kappa shape index (κ2) is 7.04. The molecule has 0 radical (unpaired) electrons. The van der Waals surface area contributed by atoms with Gasteiger partial charge >= 0.3 is 0 Å². The average molecular weight is 369 g/mol. The third-order valence-corrected chi connectivity index (χ3v) is 5.40. The molecule has 134 valence electrons. The number of likely N-dealkylation sites (tertiary alicyclic amines) is 1. The number of benzene rings is 2. The molecule has 4 nitrogen and oxygen atoms in total. The standard InChI is InChI=1S/C21H21ClN2O2/c1-26-18-5-2-15(3-6-18)21(25)24-10-8-14(9-11-24)20-13-16-12-17(22)4-7-19(16)23-20/h2-7,12-14,23H,8-11H2,1H3. The Kier molecular flexibility index (Phi) is 4.60. The first-order valence-corrected chi connectivity index (χ1v) is 9.23. The van der Waals surface area contributed by atoms with Crippen molar-refractivity contribution in [2.75, 3.05) is 20.2 Å². The van der Waals surface area contributed by atoms with Crippen LogP contribution >= 0.6 is 11.6 Å². The van der Waals surface area contributed by atoms with Crippen LogP contribution in [0.2, 0.25) is 5.02 Å². The topological polar surface area (TPSA) is 45.3 Å². The fourth-order valence-electron chi connectivity index (χ4n) is 3.66. The Hall–Kier alpha value is -2.46. The molecule has 0 atom stereocenters. The minimum atomic E-state index is 0.0922. The Morgan fingerprint density at radius 1 is 1.12 bits per heavy atom. The molecule has 0 unspecified atom stereocenters. The van der Waals surface area contributed by atoms with E-state index in [0.29, 0.717) is 11.5 Å². The zero-order chi connectivity index (χ0) is 18.1. The van der Waals surface area contributed by atoms with Crippen molar-refractivity contribution in [1.82, 2.24) is 9.88 Å². The maximum Gasteiger partial charge on any atom is 0.253 e. The molecule has 1 amide bonds. The maximum atomic E-state index is 12.7. The molecule has 4 rings (SSSR count). The number of nitrogens with zero attached hydrogens (tertiary/aromatic N) is 1. The predicted molar refractivity (Wildman–Crippen MR) is 104 cm³/mol. The number of ether oxygens (including phenoxy) is 1. The fourth-order valence-corrected chi connectivity index (χ4v) is 3.84. The number of piperidine rings is 1. The van der Waals surface area contributed by atoms with Crippen LogP contribution < -0.4 is 4.74 Å². The van der Waals surface area contributed by atoms with Gasteiger partial charge in [0, 0.05) is 46.2 Å². The molecular formula is C21H21ClN2O2. The molecule has 2 aromatic carbocycles. The lowest BCUT2D eigenvalue weighted by molar-refractivity contribution is 0.0712. The SMILES string of the molecule is COc1ccc(C(=O)N2CCC(c3cc4cc(Cl)ccc4[nH]3)CC2)cc1. The zero-order valence-electron chi connectivity index (χ0n) is 14.7. The number of H-pyrrole nitrogens is 1. The molecular weight excluding hydrogens is 348 g/mol. The van der Waals surface area contributed by atoms with Gasteiger partial charge in [-0.3, -0.25) is 4.79 Å². The van der Waals surface area contributed by atoms with E-state index in [1.54, 1.807) is 7.11 Å². The minimum Gasteiger partial charge on any atom is -0.497 e. The predicted octanol–water partition coefficient (Wildman–Crippen LogP) is 4.85. The summed E-state index contributed by atoms with van der Waals surface area (Å²) in [5.41, 5.74) is 3.06. The first kappa shape index (κ1) is 17.0. The van der Waals surface area contributed by atoms with Gasteiger partial charge in [0.2, 0.25) is 0 Å². The third-order valence-electron chi connectivity index (χ3n) is 5.16. The first-order valence-electron chi connectivity index (χ1n) is 8.85. The summed E-state index contributed by atoms with van der Waals surface area (Å²) < 4.78 is 5.15. The number of rotatable bonds is 3. The Morgan fingerprint density at radius 2 is 1.85 bits per heavy atom. The molecule has 1 aromatic heterocycles. The number of aromatic amines is 1. The van der Waals surface area contributed by atoms with Gasteiger partial charge in [0.15, 0.2) is 0 Å².